The van der Waals surface area contributed by atoms with Crippen LogP contribution in [0.25, 0.3) is 0 Å². The van der Waals surface area contributed by atoms with Gasteiger partial charge >= 0.3 is 5.97 Å². The van der Waals surface area contributed by atoms with Gasteiger partial charge in [-0.25, -0.2) is 4.79 Å². The van der Waals surface area contributed by atoms with E-state index in [0.717, 1.165) is 36.1 Å². The van der Waals surface area contributed by atoms with Crippen LogP contribution in [0.4, 0.5) is 5.69 Å². The average Bonchev–Trinajstić information content (AvgIpc) is 3.57. The van der Waals surface area contributed by atoms with Crippen molar-refractivity contribution >= 4 is 34.8 Å². The number of esters is 1. The maximum atomic E-state index is 13.7. The lowest BCUT2D eigenvalue weighted by Crippen LogP contribution is -2.46. The van der Waals surface area contributed by atoms with E-state index in [1.165, 1.54) is 18.4 Å². The van der Waals surface area contributed by atoms with Gasteiger partial charge < -0.3 is 10.1 Å². The Balaban J connectivity index is 1.74. The number of benzene rings is 2. The van der Waals surface area contributed by atoms with Crippen LogP contribution < -0.4 is 10.2 Å². The average molecular weight is 477 g/mol. The monoisotopic (exact) mass is 476 g/mol. The molecule has 1 fully saturated rings. The van der Waals surface area contributed by atoms with Crippen molar-refractivity contribution in [1.82, 2.24) is 5.32 Å². The van der Waals surface area contributed by atoms with Gasteiger partial charge in [0.05, 0.1) is 19.1 Å². The molecule has 1 aliphatic carbocycles. The summed E-state index contributed by atoms with van der Waals surface area (Å²) in [7, 11) is 1.33. The van der Waals surface area contributed by atoms with Gasteiger partial charge in [0.2, 0.25) is 11.8 Å². The van der Waals surface area contributed by atoms with Gasteiger partial charge in [-0.05, 0) is 54.1 Å². The van der Waals surface area contributed by atoms with Crippen LogP contribution in [0, 0.1) is 0 Å². The molecule has 0 aliphatic heterocycles. The fourth-order valence-corrected chi connectivity index (χ4v) is 5.06. The van der Waals surface area contributed by atoms with Gasteiger partial charge in [0, 0.05) is 16.6 Å². The molecule has 1 N–H and O–H groups in total. The molecule has 0 radical (unpaired) electrons. The molecule has 0 spiro atoms. The highest BCUT2D eigenvalue weighted by molar-refractivity contribution is 7.10. The van der Waals surface area contributed by atoms with Gasteiger partial charge in [0.1, 0.15) is 6.04 Å². The van der Waals surface area contributed by atoms with E-state index in [0.29, 0.717) is 11.3 Å². The summed E-state index contributed by atoms with van der Waals surface area (Å²) in [6.07, 6.45) is 4.26. The lowest BCUT2D eigenvalue weighted by molar-refractivity contribution is -0.127. The van der Waals surface area contributed by atoms with E-state index >= 15 is 0 Å². The van der Waals surface area contributed by atoms with Crippen LogP contribution in [-0.2, 0) is 20.7 Å². The number of nitrogens with one attached hydrogen (secondary N) is 1. The fraction of sp³-hybridized carbons (Fsp3) is 0.296. The number of ether oxygens (including phenoxy) is 1. The molecule has 0 bridgehead atoms. The number of carbonyl (C=O) groups excluding carboxylic acids is 3. The number of hydrogen-bond donors (Lipinski definition) is 1. The van der Waals surface area contributed by atoms with Crippen LogP contribution in [0.2, 0.25) is 0 Å². The Hall–Kier alpha value is -3.45. The summed E-state index contributed by atoms with van der Waals surface area (Å²) >= 11 is 1.51. The molecule has 1 saturated carbocycles. The molecular weight excluding hydrogens is 448 g/mol. The molecule has 6 nitrogen and oxygen atoms in total. The molecule has 176 valence electrons. The van der Waals surface area contributed by atoms with E-state index in [9.17, 15) is 14.4 Å². The third-order valence-corrected chi connectivity index (χ3v) is 6.94. The van der Waals surface area contributed by atoms with Crippen LogP contribution in [-0.4, -0.2) is 30.9 Å². The van der Waals surface area contributed by atoms with Crippen molar-refractivity contribution in [3.05, 3.63) is 88.1 Å². The minimum Gasteiger partial charge on any atom is -0.465 e. The summed E-state index contributed by atoms with van der Waals surface area (Å²) in [5, 5.41) is 5.11. The Morgan fingerprint density at radius 1 is 1.00 bits per heavy atom. The maximum absolute atomic E-state index is 13.7. The van der Waals surface area contributed by atoms with Gasteiger partial charge in [0.25, 0.3) is 0 Å². The molecule has 34 heavy (non-hydrogen) atoms. The second-order valence-corrected chi connectivity index (χ2v) is 9.39. The highest BCUT2D eigenvalue weighted by Crippen LogP contribution is 2.30. The lowest BCUT2D eigenvalue weighted by Gasteiger charge is -2.32. The summed E-state index contributed by atoms with van der Waals surface area (Å²) in [4.78, 5) is 41.8. The zero-order valence-corrected chi connectivity index (χ0v) is 19.9. The first-order valence-corrected chi connectivity index (χ1v) is 12.3. The predicted molar refractivity (Wildman–Crippen MR) is 133 cm³/mol. The first kappa shape index (κ1) is 23.7. The van der Waals surface area contributed by atoms with E-state index in [4.69, 9.17) is 4.74 Å². The number of methoxy groups -OCH3 is 1. The topological polar surface area (TPSA) is 75.7 Å². The van der Waals surface area contributed by atoms with Gasteiger partial charge in [0.15, 0.2) is 0 Å². The number of rotatable bonds is 8. The van der Waals surface area contributed by atoms with Crippen LogP contribution in [0.5, 0.6) is 0 Å². The van der Waals surface area contributed by atoms with Gasteiger partial charge in [-0.2, -0.15) is 0 Å². The summed E-state index contributed by atoms with van der Waals surface area (Å²) in [5.41, 5.74) is 1.66. The molecule has 2 aromatic carbocycles. The Bertz CT molecular complexity index is 1110. The molecule has 3 aromatic rings. The van der Waals surface area contributed by atoms with Crippen molar-refractivity contribution in [2.45, 2.75) is 44.2 Å². The molecule has 1 aliphatic rings. The summed E-state index contributed by atoms with van der Waals surface area (Å²) in [5.74, 6) is -0.847. The maximum Gasteiger partial charge on any atom is 0.337 e. The van der Waals surface area contributed by atoms with E-state index in [1.807, 2.05) is 47.8 Å². The Morgan fingerprint density at radius 2 is 1.71 bits per heavy atom. The number of amides is 2. The van der Waals surface area contributed by atoms with Crippen LogP contribution in [0.1, 0.15) is 52.5 Å². The third-order valence-electron chi connectivity index (χ3n) is 6.06. The van der Waals surface area contributed by atoms with E-state index < -0.39 is 12.0 Å². The normalized spacial score (nSPS) is 14.4. The fourth-order valence-electron chi connectivity index (χ4n) is 4.36. The Kier molecular flexibility index (Phi) is 7.75. The molecule has 1 atom stereocenters. The highest BCUT2D eigenvalue weighted by Gasteiger charge is 2.34. The standard InChI is InChI=1S/C27H28N2O4S/c1-33-27(32)20-13-15-22(16-14-20)29(24(30)18-23-12-7-17-34-23)25(19-8-3-2-4-9-19)26(31)28-21-10-5-6-11-21/h2-4,7-9,12-17,21,25H,5-6,10-11,18H2,1H3,(H,28,31)/t25-/m0/s1. The quantitative estimate of drug-likeness (QED) is 0.469. The summed E-state index contributed by atoms with van der Waals surface area (Å²) < 4.78 is 4.80. The van der Waals surface area contributed by atoms with Crippen molar-refractivity contribution in [3.8, 4) is 0 Å². The minimum atomic E-state index is -0.835. The first-order chi connectivity index (χ1) is 16.6. The second kappa shape index (κ2) is 11.1. The number of carbonyl (C=O) groups is 3. The molecular formula is C27H28N2O4S. The SMILES string of the molecule is COC(=O)c1ccc(N(C(=O)Cc2cccs2)[C@H](C(=O)NC2CCCC2)c2ccccc2)cc1. The molecule has 1 heterocycles. The second-order valence-electron chi connectivity index (χ2n) is 8.36. The number of anilines is 1. The first-order valence-electron chi connectivity index (χ1n) is 11.4. The molecule has 1 aromatic heterocycles. The number of nitrogens with zero attached hydrogens (tertiary/aromatic N) is 1. The van der Waals surface area contributed by atoms with Crippen molar-refractivity contribution in [1.29, 1.82) is 0 Å². The van der Waals surface area contributed by atoms with Gasteiger partial charge in [-0.1, -0.05) is 49.2 Å². The van der Waals surface area contributed by atoms with E-state index in [-0.39, 0.29) is 24.3 Å². The largest absolute Gasteiger partial charge is 0.465 e. The number of hydrogen-bond acceptors (Lipinski definition) is 5. The minimum absolute atomic E-state index is 0.120. The summed E-state index contributed by atoms with van der Waals surface area (Å²) in [6, 6.07) is 19.1. The van der Waals surface area contributed by atoms with Gasteiger partial charge in [-0.15, -0.1) is 11.3 Å². The lowest BCUT2D eigenvalue weighted by atomic mass is 10.0. The third kappa shape index (κ3) is 5.54. The van der Waals surface area contributed by atoms with E-state index in [1.54, 1.807) is 29.2 Å². The van der Waals surface area contributed by atoms with E-state index in [2.05, 4.69) is 5.32 Å². The van der Waals surface area contributed by atoms with Gasteiger partial charge in [-0.3, -0.25) is 14.5 Å². The molecule has 0 unspecified atom stereocenters. The Morgan fingerprint density at radius 3 is 2.32 bits per heavy atom. The van der Waals surface area contributed by atoms with Crippen molar-refractivity contribution in [2.24, 2.45) is 0 Å². The smallest absolute Gasteiger partial charge is 0.337 e. The van der Waals surface area contributed by atoms with Crippen molar-refractivity contribution in [2.75, 3.05) is 12.0 Å². The molecule has 2 amide bonds. The molecule has 0 saturated heterocycles. The van der Waals surface area contributed by atoms with Crippen LogP contribution in [0.3, 0.4) is 0 Å². The predicted octanol–water partition coefficient (Wildman–Crippen LogP) is 4.91. The molecule has 7 heteroatoms. The van der Waals surface area contributed by atoms with Crippen molar-refractivity contribution < 1.29 is 19.1 Å². The van der Waals surface area contributed by atoms with Crippen LogP contribution >= 0.6 is 11.3 Å². The Labute approximate surface area is 203 Å². The zero-order chi connectivity index (χ0) is 23.9. The van der Waals surface area contributed by atoms with Crippen LogP contribution in [0.15, 0.2) is 72.1 Å². The number of thiophene rings is 1. The van der Waals surface area contributed by atoms with Crippen molar-refractivity contribution in [3.63, 3.8) is 0 Å². The zero-order valence-electron chi connectivity index (χ0n) is 19.1. The highest BCUT2D eigenvalue weighted by atomic mass is 32.1. The molecule has 4 rings (SSSR count). The summed E-state index contributed by atoms with van der Waals surface area (Å²) in [6.45, 7) is 0.